The van der Waals surface area contributed by atoms with Gasteiger partial charge in [0.1, 0.15) is 5.60 Å². The monoisotopic (exact) mass is 142 g/mol. The summed E-state index contributed by atoms with van der Waals surface area (Å²) in [6.45, 7) is 6.06. The molecular formula is C8H14O2. The molecule has 0 saturated carbocycles. The summed E-state index contributed by atoms with van der Waals surface area (Å²) in [6, 6.07) is 0. The molecule has 10 heavy (non-hydrogen) atoms. The lowest BCUT2D eigenvalue weighted by atomic mass is 9.97. The SMILES string of the molecule is CC[C@H](C)[C@@H]1O[C@@]1(C)C=O. The second-order valence-electron chi connectivity index (χ2n) is 3.23. The van der Waals surface area contributed by atoms with E-state index in [0.717, 1.165) is 12.7 Å². The highest BCUT2D eigenvalue weighted by Gasteiger charge is 2.54. The van der Waals surface area contributed by atoms with Gasteiger partial charge in [-0.25, -0.2) is 0 Å². The molecule has 1 heterocycles. The van der Waals surface area contributed by atoms with Crippen molar-refractivity contribution in [3.63, 3.8) is 0 Å². The molecule has 3 atom stereocenters. The Labute approximate surface area is 61.6 Å². The summed E-state index contributed by atoms with van der Waals surface area (Å²) in [4.78, 5) is 10.4. The summed E-state index contributed by atoms with van der Waals surface area (Å²) in [6.07, 6.45) is 2.16. The van der Waals surface area contributed by atoms with Gasteiger partial charge in [0.25, 0.3) is 0 Å². The Morgan fingerprint density at radius 1 is 1.80 bits per heavy atom. The molecule has 1 rings (SSSR count). The van der Waals surface area contributed by atoms with Crippen LogP contribution in [0.3, 0.4) is 0 Å². The van der Waals surface area contributed by atoms with Crippen molar-refractivity contribution >= 4 is 6.29 Å². The maximum atomic E-state index is 10.4. The summed E-state index contributed by atoms with van der Waals surface area (Å²) in [5.41, 5.74) is -0.449. The number of hydrogen-bond acceptors (Lipinski definition) is 2. The van der Waals surface area contributed by atoms with E-state index in [1.165, 1.54) is 0 Å². The van der Waals surface area contributed by atoms with E-state index < -0.39 is 5.60 Å². The van der Waals surface area contributed by atoms with E-state index in [4.69, 9.17) is 4.74 Å². The smallest absolute Gasteiger partial charge is 0.154 e. The van der Waals surface area contributed by atoms with Crippen molar-refractivity contribution in [2.45, 2.75) is 38.9 Å². The van der Waals surface area contributed by atoms with Crippen molar-refractivity contribution < 1.29 is 9.53 Å². The van der Waals surface area contributed by atoms with Gasteiger partial charge in [-0.3, -0.25) is 0 Å². The van der Waals surface area contributed by atoms with Crippen molar-refractivity contribution in [1.29, 1.82) is 0 Å². The van der Waals surface area contributed by atoms with Gasteiger partial charge in [0.05, 0.1) is 6.10 Å². The van der Waals surface area contributed by atoms with Crippen LogP contribution in [0.1, 0.15) is 27.2 Å². The fourth-order valence-electron chi connectivity index (χ4n) is 1.23. The molecule has 58 valence electrons. The van der Waals surface area contributed by atoms with Gasteiger partial charge in [0.15, 0.2) is 6.29 Å². The molecule has 0 unspecified atom stereocenters. The van der Waals surface area contributed by atoms with Gasteiger partial charge in [-0.15, -0.1) is 0 Å². The van der Waals surface area contributed by atoms with Gasteiger partial charge in [-0.05, 0) is 12.8 Å². The molecule has 1 saturated heterocycles. The fourth-order valence-corrected chi connectivity index (χ4v) is 1.23. The zero-order valence-corrected chi connectivity index (χ0v) is 6.76. The number of rotatable bonds is 3. The molecule has 0 aromatic rings. The van der Waals surface area contributed by atoms with Gasteiger partial charge < -0.3 is 9.53 Å². The van der Waals surface area contributed by atoms with Gasteiger partial charge in [-0.1, -0.05) is 20.3 Å². The molecule has 0 aromatic carbocycles. The molecule has 2 heteroatoms. The maximum Gasteiger partial charge on any atom is 0.154 e. The van der Waals surface area contributed by atoms with Crippen molar-refractivity contribution in [3.8, 4) is 0 Å². The molecular weight excluding hydrogens is 128 g/mol. The average molecular weight is 142 g/mol. The van der Waals surface area contributed by atoms with E-state index in [9.17, 15) is 4.79 Å². The molecule has 0 aromatic heterocycles. The zero-order chi connectivity index (χ0) is 7.78. The number of carbonyl (C=O) groups excluding carboxylic acids is 1. The minimum Gasteiger partial charge on any atom is -0.358 e. The predicted octanol–water partition coefficient (Wildman–Crippen LogP) is 1.39. The van der Waals surface area contributed by atoms with Crippen LogP contribution in [0.5, 0.6) is 0 Å². The summed E-state index contributed by atoms with van der Waals surface area (Å²) in [7, 11) is 0. The number of ether oxygens (including phenoxy) is 1. The first kappa shape index (κ1) is 7.73. The molecule has 0 aliphatic carbocycles. The molecule has 0 bridgehead atoms. The van der Waals surface area contributed by atoms with Crippen molar-refractivity contribution in [2.75, 3.05) is 0 Å². The summed E-state index contributed by atoms with van der Waals surface area (Å²) in [5, 5.41) is 0. The predicted molar refractivity (Wildman–Crippen MR) is 38.8 cm³/mol. The lowest BCUT2D eigenvalue weighted by Gasteiger charge is -2.02. The quantitative estimate of drug-likeness (QED) is 0.440. The third kappa shape index (κ3) is 1.08. The molecule has 0 N–H and O–H groups in total. The lowest BCUT2D eigenvalue weighted by molar-refractivity contribution is -0.111. The number of aldehydes is 1. The molecule has 2 nitrogen and oxygen atoms in total. The van der Waals surface area contributed by atoms with Crippen LogP contribution in [0.25, 0.3) is 0 Å². The Bertz CT molecular complexity index is 144. The van der Waals surface area contributed by atoms with E-state index in [1.54, 1.807) is 0 Å². The highest BCUT2D eigenvalue weighted by atomic mass is 16.6. The zero-order valence-electron chi connectivity index (χ0n) is 6.76. The van der Waals surface area contributed by atoms with E-state index in [1.807, 2.05) is 6.92 Å². The number of hydrogen-bond donors (Lipinski definition) is 0. The van der Waals surface area contributed by atoms with Crippen LogP contribution in [0, 0.1) is 5.92 Å². The minimum atomic E-state index is -0.449. The van der Waals surface area contributed by atoms with Gasteiger partial charge in [0, 0.05) is 0 Å². The Hall–Kier alpha value is -0.370. The summed E-state index contributed by atoms with van der Waals surface area (Å²) in [5.74, 6) is 0.509. The molecule has 0 radical (unpaired) electrons. The van der Waals surface area contributed by atoms with Crippen LogP contribution in [-0.2, 0) is 9.53 Å². The van der Waals surface area contributed by atoms with Gasteiger partial charge in [0.2, 0.25) is 0 Å². The van der Waals surface area contributed by atoms with Crippen molar-refractivity contribution in [3.05, 3.63) is 0 Å². The topological polar surface area (TPSA) is 29.6 Å². The van der Waals surface area contributed by atoms with Crippen LogP contribution < -0.4 is 0 Å². The molecule has 1 aliphatic rings. The van der Waals surface area contributed by atoms with Crippen LogP contribution >= 0.6 is 0 Å². The fraction of sp³-hybridized carbons (Fsp3) is 0.875. The second-order valence-corrected chi connectivity index (χ2v) is 3.23. The molecule has 1 aliphatic heterocycles. The molecule has 0 spiro atoms. The number of epoxide rings is 1. The molecule has 1 fully saturated rings. The highest BCUT2D eigenvalue weighted by molar-refractivity contribution is 5.67. The first-order chi connectivity index (χ1) is 4.64. The van der Waals surface area contributed by atoms with Crippen molar-refractivity contribution in [1.82, 2.24) is 0 Å². The van der Waals surface area contributed by atoms with Crippen molar-refractivity contribution in [2.24, 2.45) is 5.92 Å². The minimum absolute atomic E-state index is 0.176. The first-order valence-corrected chi connectivity index (χ1v) is 3.78. The van der Waals surface area contributed by atoms with Crippen LogP contribution in [0.4, 0.5) is 0 Å². The Balaban J connectivity index is 2.43. The van der Waals surface area contributed by atoms with Gasteiger partial charge >= 0.3 is 0 Å². The Morgan fingerprint density at radius 3 is 2.70 bits per heavy atom. The maximum absolute atomic E-state index is 10.4. The van der Waals surface area contributed by atoms with E-state index in [0.29, 0.717) is 5.92 Å². The first-order valence-electron chi connectivity index (χ1n) is 3.78. The van der Waals surface area contributed by atoms with E-state index in [-0.39, 0.29) is 6.10 Å². The highest BCUT2D eigenvalue weighted by Crippen LogP contribution is 2.40. The standard InChI is InChI=1S/C8H14O2/c1-4-6(2)7-8(3,5-9)10-7/h5-7H,4H2,1-3H3/t6-,7-,8-/m0/s1. The summed E-state index contributed by atoms with van der Waals surface area (Å²) >= 11 is 0. The Morgan fingerprint density at radius 2 is 2.40 bits per heavy atom. The second kappa shape index (κ2) is 2.35. The van der Waals surface area contributed by atoms with Gasteiger partial charge in [-0.2, -0.15) is 0 Å². The third-order valence-electron chi connectivity index (χ3n) is 2.28. The van der Waals surface area contributed by atoms with Crippen LogP contribution in [0.2, 0.25) is 0 Å². The lowest BCUT2D eigenvalue weighted by Crippen LogP contribution is -2.16. The largest absolute Gasteiger partial charge is 0.358 e. The van der Waals surface area contributed by atoms with Crippen LogP contribution in [-0.4, -0.2) is 18.0 Å². The normalized spacial score (nSPS) is 40.9. The van der Waals surface area contributed by atoms with E-state index in [2.05, 4.69) is 13.8 Å². The number of carbonyl (C=O) groups is 1. The average Bonchev–Trinajstić information content (AvgIpc) is 2.62. The molecule has 0 amide bonds. The Kier molecular flexibility index (Phi) is 1.82. The van der Waals surface area contributed by atoms with E-state index >= 15 is 0 Å². The van der Waals surface area contributed by atoms with Crippen LogP contribution in [0.15, 0.2) is 0 Å². The third-order valence-corrected chi connectivity index (χ3v) is 2.28. The summed E-state index contributed by atoms with van der Waals surface area (Å²) < 4.78 is 5.24.